The third-order valence-corrected chi connectivity index (χ3v) is 13.0. The molecule has 0 N–H and O–H groups in total. The lowest BCUT2D eigenvalue weighted by atomic mass is 9.93. The van der Waals surface area contributed by atoms with Gasteiger partial charge in [-0.25, -0.2) is 15.0 Å². The molecule has 0 aliphatic carbocycles. The van der Waals surface area contributed by atoms with Crippen LogP contribution in [0.4, 0.5) is 0 Å². The lowest BCUT2D eigenvalue weighted by molar-refractivity contribution is 0.670. The molecule has 0 atom stereocenters. The molecule has 5 heteroatoms. The van der Waals surface area contributed by atoms with Crippen LogP contribution in [-0.2, 0) is 0 Å². The highest BCUT2D eigenvalue weighted by atomic mass is 32.1. The molecule has 0 bridgehead atoms. The smallest absolute Gasteiger partial charge is 0.164 e. The number of para-hydroxylation sites is 1. The number of benzene rings is 9. The Kier molecular flexibility index (Phi) is 8.65. The Morgan fingerprint density at radius 2 is 0.823 bits per heavy atom. The van der Waals surface area contributed by atoms with Gasteiger partial charge >= 0.3 is 0 Å². The second kappa shape index (κ2) is 14.9. The van der Waals surface area contributed by atoms with E-state index in [4.69, 9.17) is 19.4 Å². The molecule has 290 valence electrons. The van der Waals surface area contributed by atoms with Crippen molar-refractivity contribution >= 4 is 53.4 Å². The number of thiophene rings is 1. The van der Waals surface area contributed by atoms with Crippen molar-refractivity contribution in [3.63, 3.8) is 0 Å². The average molecular weight is 810 g/mol. The van der Waals surface area contributed by atoms with Crippen molar-refractivity contribution in [2.24, 2.45) is 0 Å². The zero-order valence-corrected chi connectivity index (χ0v) is 34.2. The Morgan fingerprint density at radius 3 is 1.50 bits per heavy atom. The maximum atomic E-state index is 6.77. The highest BCUT2D eigenvalue weighted by Gasteiger charge is 2.20. The van der Waals surface area contributed by atoms with Gasteiger partial charge in [-0.1, -0.05) is 182 Å². The fourth-order valence-electron chi connectivity index (χ4n) is 8.74. The topological polar surface area (TPSA) is 51.8 Å². The molecule has 0 unspecified atom stereocenters. The number of nitrogens with zero attached hydrogens (tertiary/aromatic N) is 3. The summed E-state index contributed by atoms with van der Waals surface area (Å²) in [4.78, 5) is 15.4. The summed E-state index contributed by atoms with van der Waals surface area (Å²) in [6.45, 7) is 0. The first-order valence-corrected chi connectivity index (χ1v) is 21.6. The fourth-order valence-corrected chi connectivity index (χ4v) is 9.97. The first kappa shape index (κ1) is 35.9. The van der Waals surface area contributed by atoms with Gasteiger partial charge in [-0.2, -0.15) is 0 Å². The van der Waals surface area contributed by atoms with Crippen molar-refractivity contribution < 1.29 is 4.42 Å². The second-order valence-electron chi connectivity index (χ2n) is 15.5. The van der Waals surface area contributed by atoms with Crippen LogP contribution in [0.1, 0.15) is 0 Å². The molecule has 0 saturated carbocycles. The quantitative estimate of drug-likeness (QED) is 0.161. The van der Waals surface area contributed by atoms with Crippen LogP contribution in [0.2, 0.25) is 0 Å². The van der Waals surface area contributed by atoms with Crippen LogP contribution in [0.5, 0.6) is 0 Å². The first-order chi connectivity index (χ1) is 30.7. The Bertz CT molecular complexity index is 3530. The van der Waals surface area contributed by atoms with Crippen LogP contribution in [0.15, 0.2) is 217 Å². The maximum absolute atomic E-state index is 6.77. The molecule has 0 spiro atoms. The zero-order chi connectivity index (χ0) is 41.0. The van der Waals surface area contributed by atoms with Gasteiger partial charge in [-0.05, 0) is 63.7 Å². The summed E-state index contributed by atoms with van der Waals surface area (Å²) in [5.74, 6) is 1.84. The van der Waals surface area contributed by atoms with E-state index in [0.717, 1.165) is 72.0 Å². The predicted octanol–water partition coefficient (Wildman–Crippen LogP) is 15.8. The largest absolute Gasteiger partial charge is 0.455 e. The Labute approximate surface area is 362 Å². The van der Waals surface area contributed by atoms with Gasteiger partial charge < -0.3 is 4.42 Å². The molecule has 0 saturated heterocycles. The zero-order valence-electron chi connectivity index (χ0n) is 33.4. The van der Waals surface area contributed by atoms with Gasteiger partial charge in [0.15, 0.2) is 17.5 Å². The van der Waals surface area contributed by atoms with Crippen LogP contribution >= 0.6 is 11.3 Å². The van der Waals surface area contributed by atoms with E-state index in [0.29, 0.717) is 17.5 Å². The number of furan rings is 1. The van der Waals surface area contributed by atoms with E-state index in [2.05, 4.69) is 194 Å². The number of aromatic nitrogens is 3. The summed E-state index contributed by atoms with van der Waals surface area (Å²) in [6.07, 6.45) is 0. The molecule has 12 rings (SSSR count). The number of fused-ring (bicyclic) bond motifs is 6. The van der Waals surface area contributed by atoms with E-state index >= 15 is 0 Å². The number of hydrogen-bond donors (Lipinski definition) is 0. The monoisotopic (exact) mass is 809 g/mol. The Hall–Kier alpha value is -7.99. The van der Waals surface area contributed by atoms with Crippen molar-refractivity contribution in [1.29, 1.82) is 0 Å². The van der Waals surface area contributed by atoms with Gasteiger partial charge in [0.2, 0.25) is 0 Å². The molecule has 0 amide bonds. The summed E-state index contributed by atoms with van der Waals surface area (Å²) in [7, 11) is 0. The molecule has 0 fully saturated rings. The van der Waals surface area contributed by atoms with Crippen molar-refractivity contribution in [2.75, 3.05) is 0 Å². The summed E-state index contributed by atoms with van der Waals surface area (Å²) < 4.78 is 9.34. The highest BCUT2D eigenvalue weighted by Crippen LogP contribution is 2.46. The molecular formula is C57H35N3OS. The van der Waals surface area contributed by atoms with Crippen molar-refractivity contribution in [2.45, 2.75) is 0 Å². The molecule has 3 heterocycles. The van der Waals surface area contributed by atoms with Crippen LogP contribution in [0.3, 0.4) is 0 Å². The minimum Gasteiger partial charge on any atom is -0.455 e. The third kappa shape index (κ3) is 6.26. The van der Waals surface area contributed by atoms with Crippen molar-refractivity contribution in [3.8, 4) is 78.7 Å². The molecule has 0 aliphatic heterocycles. The standard InChI is InChI=1S/C57H35N3OS/c1-3-14-36(15-4-1)40-18-11-20-42(34-40)56-58-55(59-57(60-56)43-21-12-19-41(35-43)37-16-5-2-6-17-37)39-30-28-38(29-31-39)44-32-33-46(52-49-23-7-9-26-50(49)61-53(44)52)48-25-13-24-47-45-22-8-10-27-51(45)62-54(47)48/h1-35H. The summed E-state index contributed by atoms with van der Waals surface area (Å²) in [5.41, 5.74) is 13.4. The van der Waals surface area contributed by atoms with Crippen LogP contribution in [-0.4, -0.2) is 15.0 Å². The molecule has 0 radical (unpaired) electrons. The first-order valence-electron chi connectivity index (χ1n) is 20.8. The van der Waals surface area contributed by atoms with E-state index in [-0.39, 0.29) is 0 Å². The third-order valence-electron chi connectivity index (χ3n) is 11.8. The molecule has 62 heavy (non-hydrogen) atoms. The van der Waals surface area contributed by atoms with E-state index in [1.807, 2.05) is 29.5 Å². The Balaban J connectivity index is 0.982. The van der Waals surface area contributed by atoms with Crippen LogP contribution < -0.4 is 0 Å². The van der Waals surface area contributed by atoms with E-state index in [1.54, 1.807) is 0 Å². The summed E-state index contributed by atoms with van der Waals surface area (Å²) in [5, 5.41) is 4.79. The van der Waals surface area contributed by atoms with Gasteiger partial charge in [0.05, 0.1) is 0 Å². The predicted molar refractivity (Wildman–Crippen MR) is 258 cm³/mol. The fraction of sp³-hybridized carbons (Fsp3) is 0. The molecule has 4 nitrogen and oxygen atoms in total. The average Bonchev–Trinajstić information content (AvgIpc) is 3.94. The maximum Gasteiger partial charge on any atom is 0.164 e. The van der Waals surface area contributed by atoms with E-state index in [1.165, 1.54) is 31.3 Å². The second-order valence-corrected chi connectivity index (χ2v) is 16.6. The van der Waals surface area contributed by atoms with Crippen LogP contribution in [0.25, 0.3) is 121 Å². The summed E-state index contributed by atoms with van der Waals surface area (Å²) >= 11 is 1.85. The van der Waals surface area contributed by atoms with Gasteiger partial charge in [0, 0.05) is 58.8 Å². The molecule has 3 aromatic heterocycles. The van der Waals surface area contributed by atoms with E-state index in [9.17, 15) is 0 Å². The van der Waals surface area contributed by atoms with E-state index < -0.39 is 0 Å². The SMILES string of the molecule is c1ccc(-c2cccc(-c3nc(-c4ccc(-c5ccc(-c6cccc7c6sc6ccccc67)c6c5oc5ccccc56)cc4)nc(-c4cccc(-c5ccccc5)c4)n3)c2)cc1. The van der Waals surface area contributed by atoms with Gasteiger partial charge in [-0.15, -0.1) is 11.3 Å². The van der Waals surface area contributed by atoms with Crippen molar-refractivity contribution in [3.05, 3.63) is 212 Å². The normalized spacial score (nSPS) is 11.5. The lowest BCUT2D eigenvalue weighted by Crippen LogP contribution is -2.00. The number of rotatable bonds is 7. The van der Waals surface area contributed by atoms with Gasteiger partial charge in [0.25, 0.3) is 0 Å². The molecule has 9 aromatic carbocycles. The van der Waals surface area contributed by atoms with Crippen molar-refractivity contribution in [1.82, 2.24) is 15.0 Å². The summed E-state index contributed by atoms with van der Waals surface area (Å²) in [6, 6.07) is 74.4. The van der Waals surface area contributed by atoms with Gasteiger partial charge in [0.1, 0.15) is 11.2 Å². The minimum atomic E-state index is 0.604. The van der Waals surface area contributed by atoms with Crippen LogP contribution in [0, 0.1) is 0 Å². The Morgan fingerprint density at radius 1 is 0.323 bits per heavy atom. The molecule has 0 aliphatic rings. The lowest BCUT2D eigenvalue weighted by Gasteiger charge is -2.12. The minimum absolute atomic E-state index is 0.604. The van der Waals surface area contributed by atoms with Gasteiger partial charge in [-0.3, -0.25) is 0 Å². The molecular weight excluding hydrogens is 775 g/mol. The highest BCUT2D eigenvalue weighted by molar-refractivity contribution is 7.26. The number of hydrogen-bond acceptors (Lipinski definition) is 5. The molecule has 12 aromatic rings.